The Labute approximate surface area is 122 Å². The quantitative estimate of drug-likeness (QED) is 0.872. The summed E-state index contributed by atoms with van der Waals surface area (Å²) in [5.74, 6) is 0.407. The first-order chi connectivity index (χ1) is 9.34. The van der Waals surface area contributed by atoms with Crippen LogP contribution in [0.2, 0.25) is 0 Å². The highest BCUT2D eigenvalue weighted by molar-refractivity contribution is 7.89. The van der Waals surface area contributed by atoms with Crippen molar-refractivity contribution in [2.24, 2.45) is 5.92 Å². The number of benzene rings is 1. The second-order valence-corrected chi connectivity index (χ2v) is 7.84. The molecule has 2 atom stereocenters. The number of nitrogen functional groups attached to an aromatic ring is 1. The number of sulfonamides is 1. The maximum absolute atomic E-state index is 12.8. The summed E-state index contributed by atoms with van der Waals surface area (Å²) in [5.41, 5.74) is 6.98. The van der Waals surface area contributed by atoms with E-state index in [1.165, 1.54) is 6.42 Å². The van der Waals surface area contributed by atoms with Crippen LogP contribution in [0.15, 0.2) is 23.1 Å². The summed E-state index contributed by atoms with van der Waals surface area (Å²) in [5, 5.41) is 0. The molecular weight excluding hydrogens is 272 g/mol. The summed E-state index contributed by atoms with van der Waals surface area (Å²) >= 11 is 0. The topological polar surface area (TPSA) is 63.4 Å². The van der Waals surface area contributed by atoms with Gasteiger partial charge in [0.2, 0.25) is 10.0 Å². The van der Waals surface area contributed by atoms with Gasteiger partial charge in [0, 0.05) is 18.8 Å². The van der Waals surface area contributed by atoms with Crippen LogP contribution in [0.25, 0.3) is 0 Å². The first kappa shape index (κ1) is 15.3. The van der Waals surface area contributed by atoms with Crippen LogP contribution in [0.1, 0.15) is 38.2 Å². The summed E-state index contributed by atoms with van der Waals surface area (Å²) in [4.78, 5) is 0.331. The van der Waals surface area contributed by atoms with Crippen molar-refractivity contribution >= 4 is 15.7 Å². The van der Waals surface area contributed by atoms with Gasteiger partial charge in [0.25, 0.3) is 0 Å². The number of anilines is 1. The van der Waals surface area contributed by atoms with Crippen molar-refractivity contribution in [3.05, 3.63) is 23.8 Å². The van der Waals surface area contributed by atoms with Gasteiger partial charge in [-0.25, -0.2) is 8.42 Å². The van der Waals surface area contributed by atoms with E-state index in [2.05, 4.69) is 6.92 Å². The van der Waals surface area contributed by atoms with Crippen LogP contribution in [0, 0.1) is 12.8 Å². The van der Waals surface area contributed by atoms with Crippen molar-refractivity contribution in [2.75, 3.05) is 12.8 Å². The molecule has 0 bridgehead atoms. The molecule has 112 valence electrons. The Morgan fingerprint density at radius 2 is 1.90 bits per heavy atom. The Hall–Kier alpha value is -1.07. The second-order valence-electron chi connectivity index (χ2n) is 5.88. The number of hydrogen-bond acceptors (Lipinski definition) is 3. The third-order valence-corrected chi connectivity index (χ3v) is 6.43. The Kier molecular flexibility index (Phi) is 4.39. The fourth-order valence-electron chi connectivity index (χ4n) is 3.06. The van der Waals surface area contributed by atoms with Gasteiger partial charge in [0.05, 0.1) is 4.90 Å². The monoisotopic (exact) mass is 296 g/mol. The summed E-state index contributed by atoms with van der Waals surface area (Å²) in [7, 11) is -1.77. The number of rotatable bonds is 3. The normalized spacial score (nSPS) is 24.0. The molecule has 2 rings (SSSR count). The van der Waals surface area contributed by atoms with Gasteiger partial charge in [-0.2, -0.15) is 4.31 Å². The van der Waals surface area contributed by atoms with Gasteiger partial charge in [0.15, 0.2) is 0 Å². The maximum Gasteiger partial charge on any atom is 0.243 e. The molecule has 0 radical (unpaired) electrons. The van der Waals surface area contributed by atoms with E-state index in [0.717, 1.165) is 24.8 Å². The molecule has 4 nitrogen and oxygen atoms in total. The number of nitrogens with two attached hydrogens (primary N) is 1. The van der Waals surface area contributed by atoms with Crippen molar-refractivity contribution in [1.82, 2.24) is 4.31 Å². The lowest BCUT2D eigenvalue weighted by molar-refractivity contribution is 0.213. The van der Waals surface area contributed by atoms with Crippen molar-refractivity contribution in [3.63, 3.8) is 0 Å². The molecular formula is C15H24N2O2S. The lowest BCUT2D eigenvalue weighted by Gasteiger charge is -2.35. The molecule has 0 spiro atoms. The molecule has 20 heavy (non-hydrogen) atoms. The minimum Gasteiger partial charge on any atom is -0.399 e. The molecule has 0 amide bonds. The van der Waals surface area contributed by atoms with Crippen LogP contribution < -0.4 is 5.73 Å². The number of hydrogen-bond donors (Lipinski definition) is 1. The van der Waals surface area contributed by atoms with E-state index >= 15 is 0 Å². The van der Waals surface area contributed by atoms with Crippen molar-refractivity contribution in [1.29, 1.82) is 0 Å². The molecule has 1 aromatic rings. The Morgan fingerprint density at radius 1 is 1.25 bits per heavy atom. The van der Waals surface area contributed by atoms with Gasteiger partial charge in [-0.15, -0.1) is 0 Å². The van der Waals surface area contributed by atoms with E-state index in [0.29, 0.717) is 16.5 Å². The van der Waals surface area contributed by atoms with Crippen LogP contribution in [-0.2, 0) is 10.0 Å². The maximum atomic E-state index is 12.8. The lowest BCUT2D eigenvalue weighted by atomic mass is 9.86. The van der Waals surface area contributed by atoms with E-state index in [1.807, 2.05) is 6.92 Å². The summed E-state index contributed by atoms with van der Waals surface area (Å²) in [6, 6.07) is 5.15. The fourth-order valence-corrected chi connectivity index (χ4v) is 4.80. The molecule has 5 heteroatoms. The van der Waals surface area contributed by atoms with Gasteiger partial charge >= 0.3 is 0 Å². The largest absolute Gasteiger partial charge is 0.399 e. The summed E-state index contributed by atoms with van der Waals surface area (Å²) in [6.07, 6.45) is 4.34. The first-order valence-corrected chi connectivity index (χ1v) is 8.62. The molecule has 1 aromatic carbocycles. The van der Waals surface area contributed by atoms with E-state index < -0.39 is 10.0 Å². The Morgan fingerprint density at radius 3 is 2.55 bits per heavy atom. The molecule has 0 aliphatic heterocycles. The van der Waals surface area contributed by atoms with Crippen molar-refractivity contribution < 1.29 is 8.42 Å². The Bertz CT molecular complexity index is 584. The van der Waals surface area contributed by atoms with E-state index in [4.69, 9.17) is 5.73 Å². The molecule has 1 saturated carbocycles. The summed E-state index contributed by atoms with van der Waals surface area (Å²) in [6.45, 7) is 3.95. The highest BCUT2D eigenvalue weighted by atomic mass is 32.2. The third-order valence-electron chi connectivity index (χ3n) is 4.40. The average Bonchev–Trinajstić information content (AvgIpc) is 2.41. The van der Waals surface area contributed by atoms with Crippen LogP contribution in [-0.4, -0.2) is 25.8 Å². The predicted molar refractivity (Wildman–Crippen MR) is 82.0 cm³/mol. The van der Waals surface area contributed by atoms with Gasteiger partial charge in [0.1, 0.15) is 0 Å². The smallest absolute Gasteiger partial charge is 0.243 e. The summed E-state index contributed by atoms with van der Waals surface area (Å²) < 4.78 is 27.2. The van der Waals surface area contributed by atoms with Crippen LogP contribution >= 0.6 is 0 Å². The van der Waals surface area contributed by atoms with Crippen molar-refractivity contribution in [2.45, 2.75) is 50.5 Å². The van der Waals surface area contributed by atoms with E-state index in [1.54, 1.807) is 29.6 Å². The number of nitrogens with zero attached hydrogens (tertiary/aromatic N) is 1. The number of aryl methyl sites for hydroxylation is 1. The van der Waals surface area contributed by atoms with E-state index in [9.17, 15) is 8.42 Å². The molecule has 1 aliphatic rings. The van der Waals surface area contributed by atoms with Gasteiger partial charge in [-0.1, -0.05) is 25.8 Å². The minimum absolute atomic E-state index is 0.0922. The lowest BCUT2D eigenvalue weighted by Crippen LogP contribution is -2.42. The average molecular weight is 296 g/mol. The molecule has 2 unspecified atom stereocenters. The zero-order valence-corrected chi connectivity index (χ0v) is 13.3. The van der Waals surface area contributed by atoms with Gasteiger partial charge in [-0.3, -0.25) is 0 Å². The SMILES string of the molecule is Cc1ccc(N)cc1S(=O)(=O)N(C)C1CCCCC1C. The first-order valence-electron chi connectivity index (χ1n) is 7.18. The molecule has 1 aliphatic carbocycles. The third kappa shape index (κ3) is 2.83. The highest BCUT2D eigenvalue weighted by Crippen LogP contribution is 2.31. The van der Waals surface area contributed by atoms with Gasteiger partial charge in [-0.05, 0) is 43.4 Å². The van der Waals surface area contributed by atoms with Crippen LogP contribution in [0.5, 0.6) is 0 Å². The molecule has 0 saturated heterocycles. The van der Waals surface area contributed by atoms with Crippen LogP contribution in [0.4, 0.5) is 5.69 Å². The predicted octanol–water partition coefficient (Wildman–Crippen LogP) is 2.78. The zero-order valence-electron chi connectivity index (χ0n) is 12.5. The molecule has 2 N–H and O–H groups in total. The standard InChI is InChI=1S/C15H24N2O2S/c1-11-6-4-5-7-14(11)17(3)20(18,19)15-10-13(16)9-8-12(15)2/h8-11,14H,4-7,16H2,1-3H3. The van der Waals surface area contributed by atoms with Gasteiger partial charge < -0.3 is 5.73 Å². The fraction of sp³-hybridized carbons (Fsp3) is 0.600. The molecule has 0 aromatic heterocycles. The van der Waals surface area contributed by atoms with E-state index in [-0.39, 0.29) is 6.04 Å². The zero-order chi connectivity index (χ0) is 14.9. The van der Waals surface area contributed by atoms with Crippen LogP contribution in [0.3, 0.4) is 0 Å². The minimum atomic E-state index is -3.47. The second kappa shape index (κ2) is 5.74. The molecule has 1 fully saturated rings. The van der Waals surface area contributed by atoms with Crippen molar-refractivity contribution in [3.8, 4) is 0 Å². The highest BCUT2D eigenvalue weighted by Gasteiger charge is 2.33. The Balaban J connectivity index is 2.36. The molecule has 0 heterocycles.